The molecule has 1 fully saturated rings. The van der Waals surface area contributed by atoms with Crippen molar-refractivity contribution in [2.24, 2.45) is 11.7 Å². The molecule has 2 unspecified atom stereocenters. The third kappa shape index (κ3) is 5.02. The number of carbonyl (C=O) groups excluding carboxylic acids is 1. The van der Waals surface area contributed by atoms with E-state index in [1.807, 2.05) is 47.5 Å². The lowest BCUT2D eigenvalue weighted by atomic mass is 10.1. The molecule has 1 aliphatic carbocycles. The molecule has 5 nitrogen and oxygen atoms in total. The average Bonchev–Trinajstić information content (AvgIpc) is 3.36. The Hall–Kier alpha value is -2.05. The molecule has 2 aromatic rings. The first-order chi connectivity index (χ1) is 13.1. The highest BCUT2D eigenvalue weighted by molar-refractivity contribution is 7.09. The van der Waals surface area contributed by atoms with E-state index in [1.54, 1.807) is 18.4 Å². The Bertz CT molecular complexity index is 748. The normalized spacial score (nSPS) is 19.1. The average molecular weight is 389 g/mol. The van der Waals surface area contributed by atoms with Gasteiger partial charge in [0.25, 0.3) is 0 Å². The first-order valence-electron chi connectivity index (χ1n) is 9.47. The quantitative estimate of drug-likeness (QED) is 0.747. The number of ether oxygens (including phenoxy) is 2. The van der Waals surface area contributed by atoms with Gasteiger partial charge in [-0.1, -0.05) is 12.1 Å². The van der Waals surface area contributed by atoms with Crippen LogP contribution in [0.4, 0.5) is 0 Å². The molecule has 1 aromatic carbocycles. The Morgan fingerprint density at radius 2 is 2.15 bits per heavy atom. The molecule has 2 N–H and O–H groups in total. The van der Waals surface area contributed by atoms with Crippen molar-refractivity contribution in [3.63, 3.8) is 0 Å². The van der Waals surface area contributed by atoms with Crippen LogP contribution in [-0.2, 0) is 17.9 Å². The second-order valence-electron chi connectivity index (χ2n) is 6.98. The third-order valence-corrected chi connectivity index (χ3v) is 5.92. The molecular formula is C21H28N2O3S. The van der Waals surface area contributed by atoms with Crippen LogP contribution in [0, 0.1) is 5.92 Å². The van der Waals surface area contributed by atoms with Gasteiger partial charge >= 0.3 is 0 Å². The van der Waals surface area contributed by atoms with E-state index < -0.39 is 0 Å². The summed E-state index contributed by atoms with van der Waals surface area (Å²) in [7, 11) is 1.64. The summed E-state index contributed by atoms with van der Waals surface area (Å²) in [6.07, 6.45) is 2.64. The summed E-state index contributed by atoms with van der Waals surface area (Å²) in [5.74, 6) is 1.68. The molecule has 3 rings (SSSR count). The van der Waals surface area contributed by atoms with Crippen molar-refractivity contribution in [3.8, 4) is 11.5 Å². The molecular weight excluding hydrogens is 360 g/mol. The van der Waals surface area contributed by atoms with E-state index in [1.165, 1.54) is 4.88 Å². The monoisotopic (exact) mass is 388 g/mol. The predicted molar refractivity (Wildman–Crippen MR) is 108 cm³/mol. The molecule has 1 heterocycles. The van der Waals surface area contributed by atoms with Crippen molar-refractivity contribution in [1.29, 1.82) is 0 Å². The predicted octanol–water partition coefficient (Wildman–Crippen LogP) is 3.81. The minimum atomic E-state index is 0.0650. The number of benzene rings is 1. The number of hydrogen-bond acceptors (Lipinski definition) is 5. The number of carbonyl (C=O) groups is 1. The molecule has 1 saturated carbocycles. The summed E-state index contributed by atoms with van der Waals surface area (Å²) in [4.78, 5) is 15.9. The smallest absolute Gasteiger partial charge is 0.226 e. The van der Waals surface area contributed by atoms with Crippen LogP contribution in [0.3, 0.4) is 0 Å². The molecule has 0 radical (unpaired) electrons. The highest BCUT2D eigenvalue weighted by atomic mass is 32.1. The van der Waals surface area contributed by atoms with Gasteiger partial charge in [-0.3, -0.25) is 4.79 Å². The standard InChI is InChI=1S/C21H28N2O3S/c1-3-23(21(24)16-7-8-17(22)12-16)13-15-6-9-19(20(11-15)25-2)26-14-18-5-4-10-27-18/h4-6,9-11,16-17H,3,7-8,12-14,22H2,1-2H3. The molecule has 0 bridgehead atoms. The van der Waals surface area contributed by atoms with Crippen molar-refractivity contribution >= 4 is 17.2 Å². The first-order valence-corrected chi connectivity index (χ1v) is 10.3. The number of hydrogen-bond donors (Lipinski definition) is 1. The molecule has 27 heavy (non-hydrogen) atoms. The van der Waals surface area contributed by atoms with Gasteiger partial charge in [0.1, 0.15) is 6.61 Å². The van der Waals surface area contributed by atoms with E-state index in [0.29, 0.717) is 31.2 Å². The van der Waals surface area contributed by atoms with Crippen molar-refractivity contribution in [1.82, 2.24) is 4.90 Å². The van der Waals surface area contributed by atoms with Gasteiger partial charge in [0.15, 0.2) is 11.5 Å². The third-order valence-electron chi connectivity index (χ3n) is 5.07. The fraction of sp³-hybridized carbons (Fsp3) is 0.476. The van der Waals surface area contributed by atoms with Crippen molar-refractivity contribution in [3.05, 3.63) is 46.2 Å². The molecule has 1 amide bonds. The van der Waals surface area contributed by atoms with Gasteiger partial charge in [0, 0.05) is 29.9 Å². The van der Waals surface area contributed by atoms with E-state index in [9.17, 15) is 4.79 Å². The molecule has 2 atom stereocenters. The highest BCUT2D eigenvalue weighted by Crippen LogP contribution is 2.31. The largest absolute Gasteiger partial charge is 0.493 e. The molecule has 0 saturated heterocycles. The number of rotatable bonds is 8. The lowest BCUT2D eigenvalue weighted by molar-refractivity contribution is -0.135. The topological polar surface area (TPSA) is 64.8 Å². The minimum Gasteiger partial charge on any atom is -0.493 e. The number of amides is 1. The summed E-state index contributed by atoms with van der Waals surface area (Å²) in [5.41, 5.74) is 7.01. The van der Waals surface area contributed by atoms with Crippen molar-refractivity contribution in [2.45, 2.75) is 45.4 Å². The Balaban J connectivity index is 1.65. The van der Waals surface area contributed by atoms with Gasteiger partial charge in [-0.2, -0.15) is 0 Å². The summed E-state index contributed by atoms with van der Waals surface area (Å²) in [6.45, 7) is 3.80. The van der Waals surface area contributed by atoms with E-state index >= 15 is 0 Å². The second kappa shape index (κ2) is 9.24. The number of thiophene rings is 1. The van der Waals surface area contributed by atoms with Gasteiger partial charge in [-0.15, -0.1) is 11.3 Å². The lowest BCUT2D eigenvalue weighted by Crippen LogP contribution is -2.35. The second-order valence-corrected chi connectivity index (χ2v) is 8.01. The Labute approximate surface area is 165 Å². The number of nitrogens with two attached hydrogens (primary N) is 1. The maximum absolute atomic E-state index is 12.8. The van der Waals surface area contributed by atoms with Crippen LogP contribution in [0.1, 0.15) is 36.6 Å². The van der Waals surface area contributed by atoms with Crippen LogP contribution in [0.15, 0.2) is 35.7 Å². The molecule has 146 valence electrons. The van der Waals surface area contributed by atoms with Gasteiger partial charge in [-0.25, -0.2) is 0 Å². The molecule has 6 heteroatoms. The van der Waals surface area contributed by atoms with Gasteiger partial charge in [0.05, 0.1) is 7.11 Å². The van der Waals surface area contributed by atoms with E-state index in [-0.39, 0.29) is 17.9 Å². The van der Waals surface area contributed by atoms with Gasteiger partial charge in [-0.05, 0) is 55.3 Å². The van der Waals surface area contributed by atoms with Crippen LogP contribution in [0.2, 0.25) is 0 Å². The van der Waals surface area contributed by atoms with Crippen molar-refractivity contribution < 1.29 is 14.3 Å². The molecule has 0 aliphatic heterocycles. The van der Waals surface area contributed by atoms with Crippen LogP contribution in [0.25, 0.3) is 0 Å². The molecule has 0 spiro atoms. The fourth-order valence-corrected chi connectivity index (χ4v) is 4.15. The summed E-state index contributed by atoms with van der Waals surface area (Å²) >= 11 is 1.67. The molecule has 1 aliphatic rings. The molecule has 1 aromatic heterocycles. The van der Waals surface area contributed by atoms with Crippen molar-refractivity contribution in [2.75, 3.05) is 13.7 Å². The lowest BCUT2D eigenvalue weighted by Gasteiger charge is -2.25. The van der Waals surface area contributed by atoms with Gasteiger partial charge in [0.2, 0.25) is 5.91 Å². The first kappa shape index (κ1) is 19.7. The zero-order chi connectivity index (χ0) is 19.2. The number of methoxy groups -OCH3 is 1. The highest BCUT2D eigenvalue weighted by Gasteiger charge is 2.30. The maximum Gasteiger partial charge on any atom is 0.226 e. The summed E-state index contributed by atoms with van der Waals surface area (Å²) in [5, 5.41) is 2.03. The summed E-state index contributed by atoms with van der Waals surface area (Å²) in [6, 6.07) is 10.1. The minimum absolute atomic E-state index is 0.0650. The van der Waals surface area contributed by atoms with E-state index in [2.05, 4.69) is 0 Å². The van der Waals surface area contributed by atoms with Crippen LogP contribution in [0.5, 0.6) is 11.5 Å². The van der Waals surface area contributed by atoms with Crippen LogP contribution < -0.4 is 15.2 Å². The zero-order valence-electron chi connectivity index (χ0n) is 16.0. The Kier molecular flexibility index (Phi) is 6.74. The SMILES string of the molecule is CCN(Cc1ccc(OCc2cccs2)c(OC)c1)C(=O)C1CCC(N)C1. The maximum atomic E-state index is 12.8. The van der Waals surface area contributed by atoms with Gasteiger partial charge < -0.3 is 20.1 Å². The number of nitrogens with zero attached hydrogens (tertiary/aromatic N) is 1. The zero-order valence-corrected chi connectivity index (χ0v) is 16.8. The van der Waals surface area contributed by atoms with Crippen LogP contribution >= 0.6 is 11.3 Å². The fourth-order valence-electron chi connectivity index (χ4n) is 3.54. The van der Waals surface area contributed by atoms with E-state index in [0.717, 1.165) is 24.8 Å². The Morgan fingerprint density at radius 1 is 1.30 bits per heavy atom. The Morgan fingerprint density at radius 3 is 2.78 bits per heavy atom. The van der Waals surface area contributed by atoms with Crippen LogP contribution in [-0.4, -0.2) is 30.5 Å². The van der Waals surface area contributed by atoms with E-state index in [4.69, 9.17) is 15.2 Å². The summed E-state index contributed by atoms with van der Waals surface area (Å²) < 4.78 is 11.4.